The van der Waals surface area contributed by atoms with Crippen molar-refractivity contribution < 1.29 is 14.5 Å². The molecule has 0 spiro atoms. The average molecular weight is 422 g/mol. The van der Waals surface area contributed by atoms with Crippen LogP contribution in [0, 0.1) is 24.0 Å². The number of aromatic nitrogens is 2. The zero-order valence-electron chi connectivity index (χ0n) is 18.1. The highest BCUT2D eigenvalue weighted by Gasteiger charge is 2.17. The highest BCUT2D eigenvalue weighted by atomic mass is 16.6. The summed E-state index contributed by atoms with van der Waals surface area (Å²) >= 11 is 0. The standard InChI is InChI=1S/C23H26N4O4/c1-5-26-13-20(17(4)25-26)16(3)24-23(28)19-8-6-7-18(12-19)14-31-22-10-9-15(2)11-21(22)27(29)30/h6-13,16H,5,14H2,1-4H3,(H,24,28). The first-order valence-corrected chi connectivity index (χ1v) is 10.1. The molecule has 1 heterocycles. The largest absolute Gasteiger partial charge is 0.482 e. The normalized spacial score (nSPS) is 11.7. The lowest BCUT2D eigenvalue weighted by Crippen LogP contribution is -2.27. The van der Waals surface area contributed by atoms with Gasteiger partial charge in [-0.15, -0.1) is 0 Å². The quantitative estimate of drug-likeness (QED) is 0.426. The number of hydrogen-bond acceptors (Lipinski definition) is 5. The van der Waals surface area contributed by atoms with Crippen molar-refractivity contribution in [2.24, 2.45) is 0 Å². The average Bonchev–Trinajstić information content (AvgIpc) is 3.13. The van der Waals surface area contributed by atoms with Gasteiger partial charge in [0.15, 0.2) is 5.75 Å². The Kier molecular flexibility index (Phi) is 6.69. The van der Waals surface area contributed by atoms with Gasteiger partial charge < -0.3 is 10.1 Å². The first-order chi connectivity index (χ1) is 14.8. The number of nitro groups is 1. The summed E-state index contributed by atoms with van der Waals surface area (Å²) in [5.74, 6) is -0.0122. The summed E-state index contributed by atoms with van der Waals surface area (Å²) in [7, 11) is 0. The van der Waals surface area contributed by atoms with Crippen LogP contribution in [0.25, 0.3) is 0 Å². The van der Waals surface area contributed by atoms with Gasteiger partial charge in [-0.2, -0.15) is 5.10 Å². The third-order valence-electron chi connectivity index (χ3n) is 5.02. The number of nitrogens with zero attached hydrogens (tertiary/aromatic N) is 3. The van der Waals surface area contributed by atoms with Crippen molar-refractivity contribution in [2.75, 3.05) is 0 Å². The van der Waals surface area contributed by atoms with Crippen molar-refractivity contribution >= 4 is 11.6 Å². The van der Waals surface area contributed by atoms with Gasteiger partial charge in [0.2, 0.25) is 0 Å². The predicted molar refractivity (Wildman–Crippen MR) is 117 cm³/mol. The Bertz CT molecular complexity index is 1110. The maximum Gasteiger partial charge on any atom is 0.311 e. The number of amides is 1. The van der Waals surface area contributed by atoms with Crippen LogP contribution < -0.4 is 10.1 Å². The number of carbonyl (C=O) groups is 1. The van der Waals surface area contributed by atoms with Crippen LogP contribution in [0.4, 0.5) is 5.69 Å². The monoisotopic (exact) mass is 422 g/mol. The van der Waals surface area contributed by atoms with Crippen molar-refractivity contribution in [3.8, 4) is 5.75 Å². The predicted octanol–water partition coefficient (Wildman–Crippen LogP) is 4.50. The zero-order chi connectivity index (χ0) is 22.5. The van der Waals surface area contributed by atoms with Crippen LogP contribution in [0.1, 0.15) is 52.6 Å². The summed E-state index contributed by atoms with van der Waals surface area (Å²) in [6, 6.07) is 11.7. The molecule has 31 heavy (non-hydrogen) atoms. The van der Waals surface area contributed by atoms with Gasteiger partial charge in [-0.3, -0.25) is 19.6 Å². The van der Waals surface area contributed by atoms with Crippen LogP contribution in [0.5, 0.6) is 5.75 Å². The molecule has 1 atom stereocenters. The summed E-state index contributed by atoms with van der Waals surface area (Å²) in [6.07, 6.45) is 1.94. The van der Waals surface area contributed by atoms with Crippen LogP contribution in [-0.4, -0.2) is 20.6 Å². The minimum Gasteiger partial charge on any atom is -0.482 e. The van der Waals surface area contributed by atoms with Crippen molar-refractivity contribution in [1.29, 1.82) is 0 Å². The Morgan fingerprint density at radius 1 is 1.26 bits per heavy atom. The van der Waals surface area contributed by atoms with E-state index in [-0.39, 0.29) is 30.0 Å². The molecule has 162 valence electrons. The van der Waals surface area contributed by atoms with E-state index in [1.54, 1.807) is 37.3 Å². The fourth-order valence-electron chi connectivity index (χ4n) is 3.33. The molecular weight excluding hydrogens is 396 g/mol. The van der Waals surface area contributed by atoms with E-state index >= 15 is 0 Å². The fraction of sp³-hybridized carbons (Fsp3) is 0.304. The van der Waals surface area contributed by atoms with Crippen LogP contribution in [-0.2, 0) is 13.2 Å². The van der Waals surface area contributed by atoms with Gasteiger partial charge in [-0.1, -0.05) is 18.2 Å². The molecule has 3 aromatic rings. The van der Waals surface area contributed by atoms with Crippen LogP contribution in [0.15, 0.2) is 48.7 Å². The van der Waals surface area contributed by atoms with Gasteiger partial charge in [-0.05, 0) is 57.0 Å². The van der Waals surface area contributed by atoms with E-state index in [1.165, 1.54) is 6.07 Å². The number of nitro benzene ring substituents is 1. The maximum atomic E-state index is 12.8. The second-order valence-electron chi connectivity index (χ2n) is 7.44. The molecule has 0 bridgehead atoms. The Morgan fingerprint density at radius 2 is 2.03 bits per heavy atom. The Balaban J connectivity index is 1.69. The number of ether oxygens (including phenoxy) is 1. The lowest BCUT2D eigenvalue weighted by atomic mass is 10.1. The molecular formula is C23H26N4O4. The van der Waals surface area contributed by atoms with E-state index in [4.69, 9.17) is 4.74 Å². The number of aryl methyl sites for hydroxylation is 3. The Hall–Kier alpha value is -3.68. The van der Waals surface area contributed by atoms with Crippen molar-refractivity contribution in [3.63, 3.8) is 0 Å². The van der Waals surface area contributed by atoms with Crippen LogP contribution in [0.3, 0.4) is 0 Å². The molecule has 1 unspecified atom stereocenters. The topological polar surface area (TPSA) is 99.3 Å². The van der Waals surface area contributed by atoms with Gasteiger partial charge in [0.05, 0.1) is 16.7 Å². The van der Waals surface area contributed by atoms with Gasteiger partial charge in [0, 0.05) is 29.9 Å². The Morgan fingerprint density at radius 3 is 2.71 bits per heavy atom. The number of nitrogens with one attached hydrogen (secondary N) is 1. The molecule has 0 aliphatic carbocycles. The third-order valence-corrected chi connectivity index (χ3v) is 5.02. The summed E-state index contributed by atoms with van der Waals surface area (Å²) in [6.45, 7) is 8.52. The summed E-state index contributed by atoms with van der Waals surface area (Å²) in [5.41, 5.74) is 3.80. The molecule has 8 nitrogen and oxygen atoms in total. The van der Waals surface area contributed by atoms with Crippen molar-refractivity contribution in [3.05, 3.63) is 86.7 Å². The molecule has 1 amide bonds. The summed E-state index contributed by atoms with van der Waals surface area (Å²) in [5, 5.41) is 18.7. The molecule has 0 aliphatic rings. The first kappa shape index (κ1) is 22.0. The molecule has 1 aromatic heterocycles. The van der Waals surface area contributed by atoms with Gasteiger partial charge in [-0.25, -0.2) is 0 Å². The fourth-order valence-corrected chi connectivity index (χ4v) is 3.33. The van der Waals surface area contributed by atoms with E-state index in [1.807, 2.05) is 37.7 Å². The second-order valence-corrected chi connectivity index (χ2v) is 7.44. The van der Waals surface area contributed by atoms with E-state index in [9.17, 15) is 14.9 Å². The molecule has 3 rings (SSSR count). The molecule has 1 N–H and O–H groups in total. The number of hydrogen-bond donors (Lipinski definition) is 1. The molecule has 0 fully saturated rings. The zero-order valence-corrected chi connectivity index (χ0v) is 18.1. The molecule has 0 saturated carbocycles. The van der Waals surface area contributed by atoms with Gasteiger partial charge in [0.25, 0.3) is 5.91 Å². The lowest BCUT2D eigenvalue weighted by molar-refractivity contribution is -0.386. The van der Waals surface area contributed by atoms with Crippen LogP contribution in [0.2, 0.25) is 0 Å². The lowest BCUT2D eigenvalue weighted by Gasteiger charge is -2.14. The number of rotatable bonds is 8. The van der Waals surface area contributed by atoms with E-state index in [2.05, 4.69) is 10.4 Å². The van der Waals surface area contributed by atoms with Crippen molar-refractivity contribution in [2.45, 2.75) is 46.9 Å². The van der Waals surface area contributed by atoms with Gasteiger partial charge in [0.1, 0.15) is 6.61 Å². The minimum atomic E-state index is -0.462. The summed E-state index contributed by atoms with van der Waals surface area (Å²) < 4.78 is 7.51. The number of carbonyl (C=O) groups excluding carboxylic acids is 1. The van der Waals surface area contributed by atoms with E-state index in [0.717, 1.165) is 28.9 Å². The van der Waals surface area contributed by atoms with Crippen LogP contribution >= 0.6 is 0 Å². The molecule has 8 heteroatoms. The maximum absolute atomic E-state index is 12.8. The highest BCUT2D eigenvalue weighted by molar-refractivity contribution is 5.94. The van der Waals surface area contributed by atoms with Crippen molar-refractivity contribution in [1.82, 2.24) is 15.1 Å². The molecule has 0 radical (unpaired) electrons. The second kappa shape index (κ2) is 9.42. The molecule has 0 saturated heterocycles. The SMILES string of the molecule is CCn1cc(C(C)NC(=O)c2cccc(COc3ccc(C)cc3[N+](=O)[O-])c2)c(C)n1. The van der Waals surface area contributed by atoms with E-state index in [0.29, 0.717) is 5.56 Å². The summed E-state index contributed by atoms with van der Waals surface area (Å²) in [4.78, 5) is 23.6. The molecule has 0 aliphatic heterocycles. The molecule has 2 aromatic carbocycles. The highest BCUT2D eigenvalue weighted by Crippen LogP contribution is 2.28. The van der Waals surface area contributed by atoms with Gasteiger partial charge >= 0.3 is 5.69 Å². The first-order valence-electron chi connectivity index (χ1n) is 10.1. The number of benzene rings is 2. The third kappa shape index (κ3) is 5.28. The minimum absolute atomic E-state index is 0.0780. The van der Waals surface area contributed by atoms with E-state index < -0.39 is 4.92 Å². The Labute approximate surface area is 181 Å². The smallest absolute Gasteiger partial charge is 0.311 e.